The highest BCUT2D eigenvalue weighted by Crippen LogP contribution is 2.48. The van der Waals surface area contributed by atoms with Crippen molar-refractivity contribution in [3.8, 4) is 50.2 Å². The van der Waals surface area contributed by atoms with Crippen LogP contribution in [0.1, 0.15) is 0 Å². The summed E-state index contributed by atoms with van der Waals surface area (Å²) < 4.78 is 2.40. The molecule has 0 radical (unpaired) electrons. The molecule has 11 aromatic carbocycles. The van der Waals surface area contributed by atoms with Gasteiger partial charge in [0.1, 0.15) is 0 Å². The van der Waals surface area contributed by atoms with Gasteiger partial charge in [-0.1, -0.05) is 194 Å². The van der Waals surface area contributed by atoms with Gasteiger partial charge in [-0.25, -0.2) is 0 Å². The monoisotopic (exact) mass is 814 g/mol. The number of fused-ring (bicyclic) bond motifs is 6. The van der Waals surface area contributed by atoms with Crippen LogP contribution in [0.2, 0.25) is 0 Å². The van der Waals surface area contributed by atoms with E-state index in [1.807, 2.05) is 0 Å². The molecule has 0 aliphatic heterocycles. The van der Waals surface area contributed by atoms with Crippen molar-refractivity contribution in [1.29, 1.82) is 0 Å². The van der Waals surface area contributed by atoms with Crippen LogP contribution in [0.15, 0.2) is 255 Å². The average Bonchev–Trinajstić information content (AvgIpc) is 3.72. The van der Waals surface area contributed by atoms with Gasteiger partial charge in [-0.15, -0.1) is 0 Å². The molecule has 0 fully saturated rings. The van der Waals surface area contributed by atoms with Gasteiger partial charge in [0.2, 0.25) is 0 Å². The summed E-state index contributed by atoms with van der Waals surface area (Å²) in [6.45, 7) is 0. The predicted molar refractivity (Wildman–Crippen MR) is 272 cm³/mol. The molecule has 0 N–H and O–H groups in total. The van der Waals surface area contributed by atoms with Crippen LogP contribution in [0.3, 0.4) is 0 Å². The van der Waals surface area contributed by atoms with Gasteiger partial charge < -0.3 is 9.47 Å². The number of benzene rings is 11. The molecule has 0 bridgehead atoms. The summed E-state index contributed by atoms with van der Waals surface area (Å²) in [6.07, 6.45) is 0. The van der Waals surface area contributed by atoms with Crippen molar-refractivity contribution < 1.29 is 0 Å². The fourth-order valence-electron chi connectivity index (χ4n) is 9.84. The van der Waals surface area contributed by atoms with Gasteiger partial charge in [-0.05, 0) is 116 Å². The second-order valence-electron chi connectivity index (χ2n) is 16.5. The predicted octanol–water partition coefficient (Wildman–Crippen LogP) is 17.2. The largest absolute Gasteiger partial charge is 0.309 e. The Morgan fingerprint density at radius 2 is 0.781 bits per heavy atom. The molecule has 0 unspecified atom stereocenters. The molecule has 1 heterocycles. The third kappa shape index (κ3) is 6.44. The second kappa shape index (κ2) is 15.8. The first-order valence-corrected chi connectivity index (χ1v) is 22.0. The maximum Gasteiger partial charge on any atom is 0.0547 e. The van der Waals surface area contributed by atoms with Crippen LogP contribution in [0.4, 0.5) is 17.1 Å². The number of hydrogen-bond acceptors (Lipinski definition) is 1. The zero-order chi connectivity index (χ0) is 42.4. The first-order chi connectivity index (χ1) is 31.8. The van der Waals surface area contributed by atoms with Gasteiger partial charge in [-0.3, -0.25) is 0 Å². The smallest absolute Gasteiger partial charge is 0.0547 e. The normalized spacial score (nSPS) is 11.4. The highest BCUT2D eigenvalue weighted by molar-refractivity contribution is 6.17. The Kier molecular flexibility index (Phi) is 9.20. The quantitative estimate of drug-likeness (QED) is 0.139. The van der Waals surface area contributed by atoms with Crippen molar-refractivity contribution in [2.75, 3.05) is 4.90 Å². The van der Waals surface area contributed by atoms with Crippen molar-refractivity contribution >= 4 is 60.4 Å². The first kappa shape index (κ1) is 37.3. The Bertz CT molecular complexity index is 3600. The van der Waals surface area contributed by atoms with Gasteiger partial charge in [-0.2, -0.15) is 0 Å². The van der Waals surface area contributed by atoms with Crippen LogP contribution in [0, 0.1) is 0 Å². The highest BCUT2D eigenvalue weighted by Gasteiger charge is 2.23. The van der Waals surface area contributed by atoms with Crippen LogP contribution in [-0.4, -0.2) is 4.57 Å². The Hall–Kier alpha value is -8.46. The van der Waals surface area contributed by atoms with E-state index in [0.29, 0.717) is 0 Å². The fourth-order valence-corrected chi connectivity index (χ4v) is 9.84. The minimum absolute atomic E-state index is 1.09. The molecule has 0 amide bonds. The maximum absolute atomic E-state index is 2.50. The molecule has 0 aliphatic carbocycles. The topological polar surface area (TPSA) is 8.17 Å². The molecule has 0 saturated heterocycles. The summed E-state index contributed by atoms with van der Waals surface area (Å²) in [7, 11) is 0. The van der Waals surface area contributed by atoms with E-state index in [2.05, 4.69) is 264 Å². The van der Waals surface area contributed by atoms with Gasteiger partial charge in [0.15, 0.2) is 0 Å². The number of aromatic nitrogens is 1. The second-order valence-corrected chi connectivity index (χ2v) is 16.5. The molecule has 0 saturated carbocycles. The van der Waals surface area contributed by atoms with Crippen LogP contribution in [0.25, 0.3) is 93.5 Å². The standard InChI is InChI=1S/C62H42N2/c1-4-20-43(21-5-1)48-39-49(44-22-6-2-7-23-44)41-51(40-48)64(61-42-47-24-10-11-29-52(47)55-31-12-13-32-56(55)61)58-35-16-14-30-53(58)45-25-18-26-46(38-45)54-34-19-37-60-62(54)57-33-15-17-36-59(57)63(60)50-27-8-3-9-28-50/h1-42H. The lowest BCUT2D eigenvalue weighted by atomic mass is 9.93. The zero-order valence-corrected chi connectivity index (χ0v) is 35.1. The van der Waals surface area contributed by atoms with E-state index >= 15 is 0 Å². The summed E-state index contributed by atoms with van der Waals surface area (Å²) in [6, 6.07) is 92.9. The molecular weight excluding hydrogens is 773 g/mol. The minimum atomic E-state index is 1.09. The number of nitrogens with zero attached hydrogens (tertiary/aromatic N) is 2. The van der Waals surface area contributed by atoms with E-state index in [4.69, 9.17) is 0 Å². The van der Waals surface area contributed by atoms with E-state index in [1.54, 1.807) is 0 Å². The lowest BCUT2D eigenvalue weighted by Gasteiger charge is -2.30. The Labute approximate surface area is 373 Å². The zero-order valence-electron chi connectivity index (χ0n) is 35.1. The molecule has 2 heteroatoms. The average molecular weight is 815 g/mol. The number of para-hydroxylation sites is 3. The van der Waals surface area contributed by atoms with E-state index in [0.717, 1.165) is 45.0 Å². The highest BCUT2D eigenvalue weighted by atomic mass is 15.1. The first-order valence-electron chi connectivity index (χ1n) is 22.0. The van der Waals surface area contributed by atoms with Crippen molar-refractivity contribution in [2.24, 2.45) is 0 Å². The van der Waals surface area contributed by atoms with E-state index in [-0.39, 0.29) is 0 Å². The molecule has 0 aliphatic rings. The SMILES string of the molecule is c1ccc(-c2cc(-c3ccccc3)cc(N(c3ccccc3-c3cccc(-c4cccc5c4c4ccccc4n5-c4ccccc4)c3)c3cc4ccccc4c4ccccc34)c2)cc1. The fraction of sp³-hybridized carbons (Fsp3) is 0. The lowest BCUT2D eigenvalue weighted by molar-refractivity contribution is 1.18. The van der Waals surface area contributed by atoms with E-state index in [9.17, 15) is 0 Å². The molecule has 0 atom stereocenters. The summed E-state index contributed by atoms with van der Waals surface area (Å²) >= 11 is 0. The van der Waals surface area contributed by atoms with Gasteiger partial charge in [0, 0.05) is 33.1 Å². The minimum Gasteiger partial charge on any atom is -0.309 e. The molecule has 12 rings (SSSR count). The summed E-state index contributed by atoms with van der Waals surface area (Å²) in [5, 5.41) is 7.36. The molecule has 1 aromatic heterocycles. The van der Waals surface area contributed by atoms with Crippen LogP contribution in [-0.2, 0) is 0 Å². The summed E-state index contributed by atoms with van der Waals surface area (Å²) in [5.74, 6) is 0. The summed E-state index contributed by atoms with van der Waals surface area (Å²) in [4.78, 5) is 2.50. The van der Waals surface area contributed by atoms with Crippen LogP contribution >= 0.6 is 0 Å². The van der Waals surface area contributed by atoms with Crippen molar-refractivity contribution in [1.82, 2.24) is 4.57 Å². The maximum atomic E-state index is 2.50. The molecule has 2 nitrogen and oxygen atoms in total. The molecule has 12 aromatic rings. The van der Waals surface area contributed by atoms with Crippen molar-refractivity contribution in [2.45, 2.75) is 0 Å². The molecule has 0 spiro atoms. The summed E-state index contributed by atoms with van der Waals surface area (Å²) in [5.41, 5.74) is 16.2. The number of anilines is 3. The Balaban J connectivity index is 1.11. The van der Waals surface area contributed by atoms with E-state index < -0.39 is 0 Å². The Morgan fingerprint density at radius 3 is 1.52 bits per heavy atom. The third-order valence-electron chi connectivity index (χ3n) is 12.7. The lowest BCUT2D eigenvalue weighted by Crippen LogP contribution is -2.12. The van der Waals surface area contributed by atoms with Gasteiger partial charge >= 0.3 is 0 Å². The van der Waals surface area contributed by atoms with Gasteiger partial charge in [0.05, 0.1) is 22.4 Å². The van der Waals surface area contributed by atoms with Crippen LogP contribution in [0.5, 0.6) is 0 Å². The van der Waals surface area contributed by atoms with E-state index in [1.165, 1.54) is 65.6 Å². The number of hydrogen-bond donors (Lipinski definition) is 0. The third-order valence-corrected chi connectivity index (χ3v) is 12.7. The van der Waals surface area contributed by atoms with Crippen molar-refractivity contribution in [3.05, 3.63) is 255 Å². The molecule has 64 heavy (non-hydrogen) atoms. The van der Waals surface area contributed by atoms with Crippen LogP contribution < -0.4 is 4.90 Å². The molecular formula is C62H42N2. The Morgan fingerprint density at radius 1 is 0.281 bits per heavy atom. The number of rotatable bonds is 8. The molecule has 300 valence electrons. The van der Waals surface area contributed by atoms with Gasteiger partial charge in [0.25, 0.3) is 0 Å². The van der Waals surface area contributed by atoms with Crippen molar-refractivity contribution in [3.63, 3.8) is 0 Å².